The van der Waals surface area contributed by atoms with Crippen LogP contribution in [0.15, 0.2) is 48.5 Å². The first-order valence-corrected chi connectivity index (χ1v) is 5.92. The number of nitrogens with one attached hydrogen (secondary N) is 1. The second kappa shape index (κ2) is 4.22. The molecule has 1 aliphatic heterocycles. The van der Waals surface area contributed by atoms with Gasteiger partial charge in [-0.05, 0) is 28.8 Å². The number of hydrogen-bond acceptors (Lipinski definition) is 2. The standard InChI is InChI=1S/C15H15NO/c17-13-6-7-14-12(8-13)9-16-10-15(14)11-4-2-1-3-5-11/h1-8,15-17H,9-10H2. The molecule has 0 bridgehead atoms. The maximum atomic E-state index is 9.52. The zero-order chi connectivity index (χ0) is 11.7. The summed E-state index contributed by atoms with van der Waals surface area (Å²) < 4.78 is 0. The van der Waals surface area contributed by atoms with Crippen LogP contribution in [0.4, 0.5) is 0 Å². The lowest BCUT2D eigenvalue weighted by molar-refractivity contribution is 0.472. The molecular weight excluding hydrogens is 210 g/mol. The molecule has 1 aliphatic rings. The van der Waals surface area contributed by atoms with E-state index in [-0.39, 0.29) is 0 Å². The van der Waals surface area contributed by atoms with Crippen molar-refractivity contribution in [2.45, 2.75) is 12.5 Å². The topological polar surface area (TPSA) is 32.3 Å². The largest absolute Gasteiger partial charge is 0.508 e. The molecule has 3 rings (SSSR count). The minimum Gasteiger partial charge on any atom is -0.508 e. The molecule has 0 aromatic heterocycles. The van der Waals surface area contributed by atoms with E-state index >= 15 is 0 Å². The molecule has 0 radical (unpaired) electrons. The van der Waals surface area contributed by atoms with Crippen LogP contribution in [0, 0.1) is 0 Å². The lowest BCUT2D eigenvalue weighted by Gasteiger charge is -2.27. The average molecular weight is 225 g/mol. The minimum absolute atomic E-state index is 0.347. The third kappa shape index (κ3) is 1.92. The Morgan fingerprint density at radius 2 is 1.88 bits per heavy atom. The van der Waals surface area contributed by atoms with Gasteiger partial charge in [-0.2, -0.15) is 0 Å². The Balaban J connectivity index is 2.06. The fourth-order valence-electron chi connectivity index (χ4n) is 2.53. The van der Waals surface area contributed by atoms with Gasteiger partial charge >= 0.3 is 0 Å². The van der Waals surface area contributed by atoms with E-state index in [4.69, 9.17) is 0 Å². The van der Waals surface area contributed by atoms with Gasteiger partial charge in [-0.15, -0.1) is 0 Å². The monoisotopic (exact) mass is 225 g/mol. The van der Waals surface area contributed by atoms with Crippen LogP contribution in [-0.2, 0) is 6.54 Å². The maximum absolute atomic E-state index is 9.52. The van der Waals surface area contributed by atoms with Crippen LogP contribution in [0.2, 0.25) is 0 Å². The number of fused-ring (bicyclic) bond motifs is 1. The highest BCUT2D eigenvalue weighted by Crippen LogP contribution is 2.31. The lowest BCUT2D eigenvalue weighted by atomic mass is 9.85. The predicted molar refractivity (Wildman–Crippen MR) is 68.1 cm³/mol. The molecule has 2 aromatic rings. The van der Waals surface area contributed by atoms with Crippen LogP contribution in [0.25, 0.3) is 0 Å². The molecule has 0 aliphatic carbocycles. The van der Waals surface area contributed by atoms with Gasteiger partial charge in [0.25, 0.3) is 0 Å². The number of rotatable bonds is 1. The number of aromatic hydroxyl groups is 1. The molecule has 0 spiro atoms. The second-order valence-electron chi connectivity index (χ2n) is 4.48. The molecule has 1 unspecified atom stereocenters. The zero-order valence-corrected chi connectivity index (χ0v) is 9.56. The summed E-state index contributed by atoms with van der Waals surface area (Å²) in [6.07, 6.45) is 0. The molecular formula is C15H15NO. The van der Waals surface area contributed by atoms with Crippen molar-refractivity contribution in [3.8, 4) is 5.75 Å². The van der Waals surface area contributed by atoms with Gasteiger partial charge in [0, 0.05) is 19.0 Å². The van der Waals surface area contributed by atoms with Crippen LogP contribution >= 0.6 is 0 Å². The average Bonchev–Trinajstić information content (AvgIpc) is 2.39. The Hall–Kier alpha value is -1.80. The van der Waals surface area contributed by atoms with E-state index in [1.54, 1.807) is 6.07 Å². The van der Waals surface area contributed by atoms with Crippen molar-refractivity contribution in [3.05, 3.63) is 65.2 Å². The smallest absolute Gasteiger partial charge is 0.115 e. The van der Waals surface area contributed by atoms with Gasteiger partial charge < -0.3 is 10.4 Å². The van der Waals surface area contributed by atoms with Gasteiger partial charge in [0.15, 0.2) is 0 Å². The summed E-state index contributed by atoms with van der Waals surface area (Å²) in [4.78, 5) is 0. The van der Waals surface area contributed by atoms with E-state index in [1.165, 1.54) is 16.7 Å². The number of benzene rings is 2. The van der Waals surface area contributed by atoms with Crippen molar-refractivity contribution in [1.82, 2.24) is 5.32 Å². The number of hydrogen-bond donors (Lipinski definition) is 2. The fraction of sp³-hybridized carbons (Fsp3) is 0.200. The molecule has 0 amide bonds. The summed E-state index contributed by atoms with van der Waals surface area (Å²) >= 11 is 0. The van der Waals surface area contributed by atoms with Gasteiger partial charge in [0.2, 0.25) is 0 Å². The van der Waals surface area contributed by atoms with E-state index < -0.39 is 0 Å². The summed E-state index contributed by atoms with van der Waals surface area (Å²) in [6, 6.07) is 16.2. The molecule has 1 atom stereocenters. The Labute approximate surface area is 101 Å². The van der Waals surface area contributed by atoms with E-state index in [2.05, 4.69) is 29.6 Å². The Morgan fingerprint density at radius 3 is 2.71 bits per heavy atom. The van der Waals surface area contributed by atoms with Crippen molar-refractivity contribution in [2.75, 3.05) is 6.54 Å². The molecule has 2 nitrogen and oxygen atoms in total. The predicted octanol–water partition coefficient (Wildman–Crippen LogP) is 2.63. The van der Waals surface area contributed by atoms with Gasteiger partial charge in [-0.25, -0.2) is 0 Å². The fourth-order valence-corrected chi connectivity index (χ4v) is 2.53. The molecule has 0 saturated carbocycles. The molecule has 0 fully saturated rings. The molecule has 86 valence electrons. The van der Waals surface area contributed by atoms with Gasteiger partial charge in [-0.3, -0.25) is 0 Å². The molecule has 17 heavy (non-hydrogen) atoms. The SMILES string of the molecule is Oc1ccc2c(c1)CNCC2c1ccccc1. The van der Waals surface area contributed by atoms with Crippen molar-refractivity contribution in [2.24, 2.45) is 0 Å². The molecule has 0 saturated heterocycles. The first-order chi connectivity index (χ1) is 8.34. The van der Waals surface area contributed by atoms with Crippen LogP contribution in [0.5, 0.6) is 5.75 Å². The maximum Gasteiger partial charge on any atom is 0.115 e. The first-order valence-electron chi connectivity index (χ1n) is 5.92. The van der Waals surface area contributed by atoms with Crippen LogP contribution < -0.4 is 5.32 Å². The Morgan fingerprint density at radius 1 is 1.06 bits per heavy atom. The Kier molecular flexibility index (Phi) is 2.57. The second-order valence-corrected chi connectivity index (χ2v) is 4.48. The highest BCUT2D eigenvalue weighted by atomic mass is 16.3. The van der Waals surface area contributed by atoms with Crippen molar-refractivity contribution in [1.29, 1.82) is 0 Å². The van der Waals surface area contributed by atoms with Crippen molar-refractivity contribution < 1.29 is 5.11 Å². The first kappa shape index (κ1) is 10.4. The third-order valence-corrected chi connectivity index (χ3v) is 3.37. The molecule has 1 heterocycles. The van der Waals surface area contributed by atoms with Crippen LogP contribution in [0.3, 0.4) is 0 Å². The van der Waals surface area contributed by atoms with Gasteiger partial charge in [0.1, 0.15) is 5.75 Å². The van der Waals surface area contributed by atoms with E-state index in [0.29, 0.717) is 11.7 Å². The molecule has 2 N–H and O–H groups in total. The normalized spacial score (nSPS) is 18.7. The summed E-state index contributed by atoms with van der Waals surface area (Å²) in [5.74, 6) is 0.736. The van der Waals surface area contributed by atoms with Gasteiger partial charge in [-0.1, -0.05) is 36.4 Å². The lowest BCUT2D eigenvalue weighted by Crippen LogP contribution is -2.28. The van der Waals surface area contributed by atoms with Crippen molar-refractivity contribution in [3.63, 3.8) is 0 Å². The van der Waals surface area contributed by atoms with Crippen molar-refractivity contribution >= 4 is 0 Å². The highest BCUT2D eigenvalue weighted by molar-refractivity contribution is 5.43. The molecule has 2 heteroatoms. The van der Waals surface area contributed by atoms with Gasteiger partial charge in [0.05, 0.1) is 0 Å². The highest BCUT2D eigenvalue weighted by Gasteiger charge is 2.21. The number of phenols is 1. The van der Waals surface area contributed by atoms with Crippen LogP contribution in [-0.4, -0.2) is 11.7 Å². The Bertz CT molecular complexity index is 522. The summed E-state index contributed by atoms with van der Waals surface area (Å²) in [7, 11) is 0. The number of phenolic OH excluding ortho intramolecular Hbond substituents is 1. The quantitative estimate of drug-likeness (QED) is 0.782. The minimum atomic E-state index is 0.347. The molecule has 2 aromatic carbocycles. The zero-order valence-electron chi connectivity index (χ0n) is 9.56. The van der Waals surface area contributed by atoms with Crippen LogP contribution in [0.1, 0.15) is 22.6 Å². The summed E-state index contributed by atoms with van der Waals surface area (Å²) in [5, 5.41) is 12.9. The van der Waals surface area contributed by atoms with E-state index in [0.717, 1.165) is 13.1 Å². The third-order valence-electron chi connectivity index (χ3n) is 3.37. The van der Waals surface area contributed by atoms with E-state index in [9.17, 15) is 5.11 Å². The summed E-state index contributed by atoms with van der Waals surface area (Å²) in [5.41, 5.74) is 3.85. The van der Waals surface area contributed by atoms with E-state index in [1.807, 2.05) is 18.2 Å². The summed E-state index contributed by atoms with van der Waals surface area (Å²) in [6.45, 7) is 1.80.